The average Bonchev–Trinajstić information content (AvgIpc) is 3.22. The van der Waals surface area contributed by atoms with Gasteiger partial charge in [-0.05, 0) is 37.0 Å². The fraction of sp³-hybridized carbons (Fsp3) is 0.889. The van der Waals surface area contributed by atoms with Crippen LogP contribution in [0.2, 0.25) is 0 Å². The zero-order valence-corrected chi connectivity index (χ0v) is 15.9. The van der Waals surface area contributed by atoms with Crippen molar-refractivity contribution in [3.8, 4) is 0 Å². The van der Waals surface area contributed by atoms with Gasteiger partial charge < -0.3 is 10.4 Å². The number of hydrogen-bond acceptors (Lipinski definition) is 4. The Hall–Kier alpha value is -1.11. The maximum Gasteiger partial charge on any atom is 0.303 e. The van der Waals surface area contributed by atoms with Gasteiger partial charge in [-0.15, -0.1) is 0 Å². The van der Waals surface area contributed by atoms with Crippen molar-refractivity contribution < 1.29 is 23.1 Å². The van der Waals surface area contributed by atoms with Crippen LogP contribution in [0.15, 0.2) is 0 Å². The number of carbonyl (C=O) groups is 2. The molecule has 0 aromatic heterocycles. The first-order valence-corrected chi connectivity index (χ1v) is 11.4. The van der Waals surface area contributed by atoms with E-state index in [9.17, 15) is 18.0 Å². The molecule has 2 N–H and O–H groups in total. The van der Waals surface area contributed by atoms with Gasteiger partial charge in [-0.1, -0.05) is 32.1 Å². The second-order valence-corrected chi connectivity index (χ2v) is 10.3. The molecule has 0 aromatic rings. The van der Waals surface area contributed by atoms with Gasteiger partial charge >= 0.3 is 5.97 Å². The predicted molar refractivity (Wildman–Crippen MR) is 96.0 cm³/mol. The predicted octanol–water partition coefficient (Wildman–Crippen LogP) is 2.52. The fourth-order valence-electron chi connectivity index (χ4n) is 4.10. The fourth-order valence-corrected chi connectivity index (χ4v) is 5.60. The van der Waals surface area contributed by atoms with Crippen molar-refractivity contribution >= 4 is 21.7 Å². The van der Waals surface area contributed by atoms with E-state index >= 15 is 0 Å². The minimum atomic E-state index is -3.10. The van der Waals surface area contributed by atoms with E-state index in [1.165, 1.54) is 25.5 Å². The van der Waals surface area contributed by atoms with Gasteiger partial charge in [0.15, 0.2) is 0 Å². The first-order valence-electron chi connectivity index (χ1n) is 9.36. The Morgan fingerprint density at radius 1 is 1.20 bits per heavy atom. The van der Waals surface area contributed by atoms with Crippen LogP contribution in [0.25, 0.3) is 0 Å². The van der Waals surface area contributed by atoms with Crippen LogP contribution in [0.4, 0.5) is 0 Å². The second-order valence-electron chi connectivity index (χ2n) is 8.18. The molecule has 0 bridgehead atoms. The van der Waals surface area contributed by atoms with Crippen LogP contribution in [-0.2, 0) is 19.4 Å². The summed E-state index contributed by atoms with van der Waals surface area (Å²) in [7, 11) is -3.10. The molecular weight excluding hydrogens is 342 g/mol. The van der Waals surface area contributed by atoms with Gasteiger partial charge in [-0.2, -0.15) is 0 Å². The van der Waals surface area contributed by atoms with Gasteiger partial charge in [0.05, 0.1) is 5.75 Å². The summed E-state index contributed by atoms with van der Waals surface area (Å²) in [5, 5.41) is 12.0. The van der Waals surface area contributed by atoms with Crippen LogP contribution in [0, 0.1) is 11.3 Å². The van der Waals surface area contributed by atoms with E-state index in [1.807, 2.05) is 0 Å². The summed E-state index contributed by atoms with van der Waals surface area (Å²) in [6, 6.07) is -0.124. The molecule has 2 aliphatic carbocycles. The Morgan fingerprint density at radius 2 is 1.84 bits per heavy atom. The first-order chi connectivity index (χ1) is 11.7. The molecule has 2 fully saturated rings. The largest absolute Gasteiger partial charge is 0.481 e. The third-order valence-electron chi connectivity index (χ3n) is 5.48. The van der Waals surface area contributed by atoms with E-state index in [2.05, 4.69) is 5.32 Å². The van der Waals surface area contributed by atoms with E-state index in [0.717, 1.165) is 32.1 Å². The Morgan fingerprint density at radius 3 is 2.36 bits per heavy atom. The number of carboxylic acid groups (broad SMARTS) is 1. The molecule has 0 saturated heterocycles. The molecule has 0 heterocycles. The van der Waals surface area contributed by atoms with Crippen LogP contribution in [-0.4, -0.2) is 43.5 Å². The maximum atomic E-state index is 12.4. The molecular formula is C18H31NO5S. The molecule has 1 atom stereocenters. The number of carboxylic acids is 1. The summed E-state index contributed by atoms with van der Waals surface area (Å²) in [6.45, 7) is 0. The van der Waals surface area contributed by atoms with Crippen molar-refractivity contribution in [2.24, 2.45) is 11.3 Å². The minimum Gasteiger partial charge on any atom is -0.481 e. The Bertz CT molecular complexity index is 576. The maximum absolute atomic E-state index is 12.4. The number of amides is 1. The SMILES string of the molecule is CS(=O)(=O)CC1(CC(=O)NC(CCC(=O)O)CC2CCCCC2)CC1. The molecule has 0 radical (unpaired) electrons. The van der Waals surface area contributed by atoms with Gasteiger partial charge in [0.2, 0.25) is 5.91 Å². The van der Waals surface area contributed by atoms with Crippen LogP contribution in [0.3, 0.4) is 0 Å². The lowest BCUT2D eigenvalue weighted by Gasteiger charge is -2.27. The summed E-state index contributed by atoms with van der Waals surface area (Å²) in [6.07, 6.45) is 10.3. The quantitative estimate of drug-likeness (QED) is 0.613. The van der Waals surface area contributed by atoms with Crippen molar-refractivity contribution in [3.63, 3.8) is 0 Å². The van der Waals surface area contributed by atoms with E-state index in [4.69, 9.17) is 5.11 Å². The third-order valence-corrected chi connectivity index (χ3v) is 6.61. The van der Waals surface area contributed by atoms with Crippen LogP contribution in [0.1, 0.15) is 70.6 Å². The number of aliphatic carboxylic acids is 1. The van der Waals surface area contributed by atoms with E-state index in [1.54, 1.807) is 0 Å². The lowest BCUT2D eigenvalue weighted by atomic mass is 9.84. The van der Waals surface area contributed by atoms with Crippen molar-refractivity contribution in [1.82, 2.24) is 5.32 Å². The normalized spacial score (nSPS) is 21.5. The van der Waals surface area contributed by atoms with Crippen molar-refractivity contribution in [2.45, 2.75) is 76.7 Å². The molecule has 0 spiro atoms. The number of carbonyl (C=O) groups excluding carboxylic acids is 1. The molecule has 0 aliphatic heterocycles. The summed E-state index contributed by atoms with van der Waals surface area (Å²) in [4.78, 5) is 23.3. The number of hydrogen-bond donors (Lipinski definition) is 2. The first kappa shape index (κ1) is 20.2. The van der Waals surface area contributed by atoms with Crippen molar-refractivity contribution in [2.75, 3.05) is 12.0 Å². The van der Waals surface area contributed by atoms with Crippen LogP contribution in [0.5, 0.6) is 0 Å². The standard InChI is InChI=1S/C18H31NO5S/c1-25(23,24)13-18(9-10-18)12-16(20)19-15(7-8-17(21)22)11-14-5-3-2-4-6-14/h14-15H,2-13H2,1H3,(H,19,20)(H,21,22). The topological polar surface area (TPSA) is 101 Å². The highest BCUT2D eigenvalue weighted by molar-refractivity contribution is 7.90. The van der Waals surface area contributed by atoms with Crippen LogP contribution < -0.4 is 5.32 Å². The highest BCUT2D eigenvalue weighted by Gasteiger charge is 2.46. The minimum absolute atomic E-state index is 0.0478. The van der Waals surface area contributed by atoms with Gasteiger partial charge in [-0.3, -0.25) is 9.59 Å². The number of sulfone groups is 1. The highest BCUT2D eigenvalue weighted by atomic mass is 32.2. The van der Waals surface area contributed by atoms with Crippen molar-refractivity contribution in [3.05, 3.63) is 0 Å². The highest BCUT2D eigenvalue weighted by Crippen LogP contribution is 2.49. The van der Waals surface area contributed by atoms with Gasteiger partial charge in [0, 0.05) is 25.1 Å². The van der Waals surface area contributed by atoms with Gasteiger partial charge in [-0.25, -0.2) is 8.42 Å². The molecule has 2 aliphatic rings. The molecule has 2 rings (SSSR count). The third kappa shape index (κ3) is 7.75. The lowest BCUT2D eigenvalue weighted by molar-refractivity contribution is -0.137. The Labute approximate surface area is 150 Å². The molecule has 7 heteroatoms. The molecule has 25 heavy (non-hydrogen) atoms. The number of nitrogens with one attached hydrogen (secondary N) is 1. The average molecular weight is 374 g/mol. The molecule has 6 nitrogen and oxygen atoms in total. The molecule has 1 unspecified atom stereocenters. The summed E-state index contributed by atoms with van der Waals surface area (Å²) in [5.41, 5.74) is -0.389. The summed E-state index contributed by atoms with van der Waals surface area (Å²) < 4.78 is 23.1. The molecule has 144 valence electrons. The van der Waals surface area contributed by atoms with Gasteiger partial charge in [0.25, 0.3) is 0 Å². The zero-order chi connectivity index (χ0) is 18.5. The van der Waals surface area contributed by atoms with E-state index in [0.29, 0.717) is 12.3 Å². The molecule has 1 amide bonds. The van der Waals surface area contributed by atoms with Crippen molar-refractivity contribution in [1.29, 1.82) is 0 Å². The lowest BCUT2D eigenvalue weighted by Crippen LogP contribution is -2.38. The molecule has 0 aromatic carbocycles. The van der Waals surface area contributed by atoms with E-state index in [-0.39, 0.29) is 36.0 Å². The smallest absolute Gasteiger partial charge is 0.303 e. The van der Waals surface area contributed by atoms with Crippen LogP contribution >= 0.6 is 0 Å². The Balaban J connectivity index is 1.88. The van der Waals surface area contributed by atoms with E-state index < -0.39 is 15.8 Å². The number of rotatable bonds is 10. The second kappa shape index (κ2) is 8.52. The Kier molecular flexibility index (Phi) is 6.88. The molecule has 2 saturated carbocycles. The summed E-state index contributed by atoms with van der Waals surface area (Å²) >= 11 is 0. The summed E-state index contributed by atoms with van der Waals surface area (Å²) in [5.74, 6) is -0.361. The van der Waals surface area contributed by atoms with Gasteiger partial charge in [0.1, 0.15) is 9.84 Å². The monoisotopic (exact) mass is 373 g/mol. The zero-order valence-electron chi connectivity index (χ0n) is 15.1.